The van der Waals surface area contributed by atoms with Crippen molar-refractivity contribution in [3.05, 3.63) is 95.9 Å². The van der Waals surface area contributed by atoms with Gasteiger partial charge in [0.1, 0.15) is 17.8 Å². The van der Waals surface area contributed by atoms with Crippen molar-refractivity contribution in [1.82, 2.24) is 10.3 Å². The highest BCUT2D eigenvalue weighted by atomic mass is 19.1. The van der Waals surface area contributed by atoms with Crippen LogP contribution in [0.2, 0.25) is 0 Å². The maximum atomic E-state index is 17.5. The monoisotopic (exact) mass is 907 g/mol. The number of fused-ring (bicyclic) bond motifs is 6. The number of alkyl halides is 1. The summed E-state index contributed by atoms with van der Waals surface area (Å²) in [6.45, 7) is 9.39. The topological polar surface area (TPSA) is 208 Å². The quantitative estimate of drug-likeness (QED) is 0.112. The molecular weight excluding hydrogens is 850 g/mol. The van der Waals surface area contributed by atoms with Gasteiger partial charge in [-0.1, -0.05) is 55.8 Å². The minimum absolute atomic E-state index is 0.0695. The number of aliphatic hydroxyl groups is 2. The molecule has 0 spiro atoms. The van der Waals surface area contributed by atoms with Gasteiger partial charge in [-0.25, -0.2) is 9.18 Å². The van der Waals surface area contributed by atoms with E-state index in [9.17, 15) is 39.0 Å². The van der Waals surface area contributed by atoms with Crippen LogP contribution in [-0.2, 0) is 44.8 Å². The lowest BCUT2D eigenvalue weighted by molar-refractivity contribution is -0.220. The highest BCUT2D eigenvalue weighted by Gasteiger charge is 2.75. The standard InChI is InChI=1S/C51H58FN3O11/c1-28-19-40-39-14-12-33-21-35(56)15-17-48(33,5)50(39,52)41(57)23-49(40,6)51(28,63)42(58)27-65-45(61)37-22-36(37)44(60)64-26-29-7-9-30(10-8-29)38(25-54-46(62)66-47(2,3)4)43(59)55-34-13-11-32-24-53-18-16-31(32)20-34/h7-11,13,15-18,20-21,24,28,36-41,57,63H,12,14,19,22-23,25-27H2,1-6H3,(H,54,62)(H,55,59)/t28-,36?,37?,38-,39+,40?,41+,48+,49+,50+,51+/m1/s1. The molecule has 0 radical (unpaired) electrons. The van der Waals surface area contributed by atoms with Crippen LogP contribution < -0.4 is 10.6 Å². The smallest absolute Gasteiger partial charge is 0.407 e. The van der Waals surface area contributed by atoms with Crippen molar-refractivity contribution in [3.63, 3.8) is 0 Å². The van der Waals surface area contributed by atoms with Crippen LogP contribution >= 0.6 is 0 Å². The van der Waals surface area contributed by atoms with Crippen molar-refractivity contribution in [2.24, 2.45) is 40.4 Å². The number of esters is 2. The van der Waals surface area contributed by atoms with Gasteiger partial charge in [0.05, 0.1) is 23.9 Å². The predicted octanol–water partition coefficient (Wildman–Crippen LogP) is 6.62. The van der Waals surface area contributed by atoms with Crippen LogP contribution in [-0.4, -0.2) is 86.8 Å². The predicted molar refractivity (Wildman–Crippen MR) is 239 cm³/mol. The van der Waals surface area contributed by atoms with Crippen molar-refractivity contribution >= 4 is 52.0 Å². The molecule has 66 heavy (non-hydrogen) atoms. The highest BCUT2D eigenvalue weighted by Crippen LogP contribution is 2.70. The number of carbonyl (C=O) groups excluding carboxylic acids is 6. The zero-order valence-corrected chi connectivity index (χ0v) is 38.1. The van der Waals surface area contributed by atoms with Crippen LogP contribution in [0.5, 0.6) is 0 Å². The molecule has 5 aliphatic rings. The fourth-order valence-electron chi connectivity index (χ4n) is 11.6. The number of pyridine rings is 1. The van der Waals surface area contributed by atoms with Gasteiger partial charge in [-0.15, -0.1) is 0 Å². The summed E-state index contributed by atoms with van der Waals surface area (Å²) in [5, 5.41) is 31.3. The molecule has 8 rings (SSSR count). The van der Waals surface area contributed by atoms with E-state index in [1.54, 1.807) is 90.3 Å². The second-order valence-corrected chi connectivity index (χ2v) is 20.4. The van der Waals surface area contributed by atoms with Crippen molar-refractivity contribution in [1.29, 1.82) is 0 Å². The molecule has 4 fully saturated rings. The van der Waals surface area contributed by atoms with Crippen LogP contribution in [0.4, 0.5) is 14.9 Å². The molecule has 14 nitrogen and oxygen atoms in total. The fourth-order valence-corrected chi connectivity index (χ4v) is 11.6. The summed E-state index contributed by atoms with van der Waals surface area (Å²) in [6.07, 6.45) is 6.56. The lowest BCUT2D eigenvalue weighted by Gasteiger charge is -2.62. The SMILES string of the molecule is C[C@@H]1CC2[C@@H]3CCC4=CC(=O)C=C[C@]4(C)[C@@]3(F)[C@@H](O)C[C@]2(C)[C@@]1(O)C(=O)COC(=O)C1CC1C(=O)OCc1ccc([C@@H](CNC(=O)OC(C)(C)C)C(=O)Nc2ccc3cnccc3c2)cc1. The van der Waals surface area contributed by atoms with Crippen LogP contribution in [0.3, 0.4) is 0 Å². The van der Waals surface area contributed by atoms with Gasteiger partial charge >= 0.3 is 18.0 Å². The molecule has 4 N–H and O–H groups in total. The van der Waals surface area contributed by atoms with Crippen LogP contribution in [0.1, 0.15) is 90.7 Å². The van der Waals surface area contributed by atoms with Gasteiger partial charge in [-0.2, -0.15) is 0 Å². The number of nitrogens with one attached hydrogen (secondary N) is 2. The number of amides is 2. The third-order valence-electron chi connectivity index (χ3n) is 15.2. The Labute approximate surface area is 382 Å². The molecule has 3 unspecified atom stereocenters. The molecule has 2 aromatic carbocycles. The van der Waals surface area contributed by atoms with E-state index in [1.807, 2.05) is 18.2 Å². The second-order valence-electron chi connectivity index (χ2n) is 20.4. The first-order chi connectivity index (χ1) is 31.1. The zero-order valence-electron chi connectivity index (χ0n) is 38.1. The Morgan fingerprint density at radius 2 is 1.67 bits per heavy atom. The number of ketones is 2. The van der Waals surface area contributed by atoms with Gasteiger partial charge in [-0.3, -0.25) is 29.0 Å². The third-order valence-corrected chi connectivity index (χ3v) is 15.2. The van der Waals surface area contributed by atoms with Crippen molar-refractivity contribution in [2.75, 3.05) is 18.5 Å². The van der Waals surface area contributed by atoms with E-state index in [0.29, 0.717) is 41.6 Å². The van der Waals surface area contributed by atoms with E-state index >= 15 is 4.39 Å². The summed E-state index contributed by atoms with van der Waals surface area (Å²) >= 11 is 0. The molecule has 4 saturated carbocycles. The first kappa shape index (κ1) is 46.7. The molecule has 0 aliphatic heterocycles. The maximum Gasteiger partial charge on any atom is 0.407 e. The Morgan fingerprint density at radius 1 is 0.955 bits per heavy atom. The third kappa shape index (κ3) is 8.22. The van der Waals surface area contributed by atoms with Gasteiger partial charge in [0.2, 0.25) is 11.7 Å². The van der Waals surface area contributed by atoms with E-state index in [2.05, 4.69) is 15.6 Å². The van der Waals surface area contributed by atoms with E-state index in [1.165, 1.54) is 12.2 Å². The number of Topliss-reactive ketones (excluding diaryl/α,β-unsaturated/α-hetero) is 1. The van der Waals surface area contributed by atoms with Crippen LogP contribution in [0.15, 0.2) is 84.7 Å². The summed E-state index contributed by atoms with van der Waals surface area (Å²) in [7, 11) is 0. The van der Waals surface area contributed by atoms with Crippen molar-refractivity contribution in [2.45, 2.75) is 109 Å². The molecule has 0 saturated heterocycles. The fraction of sp³-hybridized carbons (Fsp3) is 0.510. The number of carbonyl (C=O) groups is 6. The number of hydrogen-bond acceptors (Lipinski definition) is 12. The Morgan fingerprint density at radius 3 is 2.38 bits per heavy atom. The number of aromatic nitrogens is 1. The van der Waals surface area contributed by atoms with E-state index < -0.39 is 99.7 Å². The van der Waals surface area contributed by atoms with Gasteiger partial charge < -0.3 is 35.1 Å². The average molecular weight is 908 g/mol. The highest BCUT2D eigenvalue weighted by molar-refractivity contribution is 6.01. The largest absolute Gasteiger partial charge is 0.461 e. The van der Waals surface area contributed by atoms with Gasteiger partial charge in [0, 0.05) is 46.8 Å². The number of ether oxygens (including phenoxy) is 3. The number of nitrogens with zero attached hydrogens (tertiary/aromatic N) is 1. The Balaban J connectivity index is 0.856. The molecule has 0 bridgehead atoms. The normalized spacial score (nSPS) is 32.4. The molecule has 5 aliphatic carbocycles. The summed E-state index contributed by atoms with van der Waals surface area (Å²) in [4.78, 5) is 82.8. The summed E-state index contributed by atoms with van der Waals surface area (Å²) in [6, 6.07) is 14.1. The summed E-state index contributed by atoms with van der Waals surface area (Å²) in [5.41, 5.74) is -4.97. The number of alkyl carbamates (subject to hydrolysis) is 1. The van der Waals surface area contributed by atoms with E-state index in [4.69, 9.17) is 14.2 Å². The van der Waals surface area contributed by atoms with Crippen LogP contribution in [0.25, 0.3) is 10.8 Å². The van der Waals surface area contributed by atoms with Gasteiger partial charge in [-0.05, 0) is 118 Å². The Bertz CT molecular complexity index is 2540. The minimum atomic E-state index is -2.13. The molecule has 350 valence electrons. The number of allylic oxidation sites excluding steroid dienone is 4. The number of halogens is 1. The zero-order chi connectivity index (χ0) is 47.6. The van der Waals surface area contributed by atoms with Crippen molar-refractivity contribution in [3.8, 4) is 0 Å². The number of aliphatic hydroxyl groups excluding tert-OH is 1. The molecule has 1 heterocycles. The molecule has 11 atom stereocenters. The minimum Gasteiger partial charge on any atom is -0.461 e. The molecule has 1 aromatic heterocycles. The number of benzene rings is 2. The summed E-state index contributed by atoms with van der Waals surface area (Å²) < 4.78 is 33.9. The van der Waals surface area contributed by atoms with Gasteiger partial charge in [0.25, 0.3) is 0 Å². The maximum absolute atomic E-state index is 17.5. The molecule has 15 heteroatoms. The second kappa shape index (κ2) is 17.1. The number of anilines is 1. The summed E-state index contributed by atoms with van der Waals surface area (Å²) in [5.74, 6) is -7.02. The lowest BCUT2D eigenvalue weighted by atomic mass is 9.44. The average Bonchev–Trinajstić information content (AvgIpc) is 4.05. The Kier molecular flexibility index (Phi) is 12.1. The van der Waals surface area contributed by atoms with E-state index in [0.717, 1.165) is 10.8 Å². The van der Waals surface area contributed by atoms with Crippen LogP contribution in [0, 0.1) is 40.4 Å². The molecule has 2 amide bonds. The molecular formula is C51H58FN3O11. The molecule has 3 aromatic rings. The van der Waals surface area contributed by atoms with Crippen molar-refractivity contribution < 1.29 is 57.6 Å². The number of rotatable bonds is 12. The lowest BCUT2D eigenvalue weighted by Crippen LogP contribution is -2.69. The first-order valence-corrected chi connectivity index (χ1v) is 22.7. The first-order valence-electron chi connectivity index (χ1n) is 22.7. The Hall–Kier alpha value is -5.80. The van der Waals surface area contributed by atoms with E-state index in [-0.39, 0.29) is 37.7 Å². The number of hydrogen-bond donors (Lipinski definition) is 4. The van der Waals surface area contributed by atoms with Gasteiger partial charge in [0.15, 0.2) is 18.1 Å².